The van der Waals surface area contributed by atoms with Gasteiger partial charge in [0.25, 0.3) is 5.91 Å². The Labute approximate surface area is 222 Å². The number of methoxy groups -OCH3 is 1. The van der Waals surface area contributed by atoms with Crippen LogP contribution in [0.5, 0.6) is 5.75 Å². The minimum absolute atomic E-state index is 0.00206. The van der Waals surface area contributed by atoms with Crippen molar-refractivity contribution in [2.75, 3.05) is 30.4 Å². The first-order valence-electron chi connectivity index (χ1n) is 12.8. The summed E-state index contributed by atoms with van der Waals surface area (Å²) >= 11 is 0. The van der Waals surface area contributed by atoms with Gasteiger partial charge < -0.3 is 25.4 Å². The fourth-order valence-electron chi connectivity index (χ4n) is 5.30. The van der Waals surface area contributed by atoms with E-state index in [0.29, 0.717) is 22.8 Å². The van der Waals surface area contributed by atoms with Crippen LogP contribution in [-0.4, -0.2) is 31.1 Å². The number of carbonyl (C=O) groups is 1. The van der Waals surface area contributed by atoms with Crippen molar-refractivity contribution in [3.05, 3.63) is 82.4 Å². The molecule has 194 valence electrons. The van der Waals surface area contributed by atoms with E-state index < -0.39 is 11.8 Å². The van der Waals surface area contributed by atoms with Crippen molar-refractivity contribution < 1.29 is 14.3 Å². The van der Waals surface area contributed by atoms with Crippen molar-refractivity contribution >= 4 is 28.3 Å². The zero-order valence-corrected chi connectivity index (χ0v) is 21.9. The second-order valence-electron chi connectivity index (χ2n) is 9.69. The summed E-state index contributed by atoms with van der Waals surface area (Å²) in [5, 5.41) is 14.1. The van der Waals surface area contributed by atoms with Crippen LogP contribution in [-0.2, 0) is 9.53 Å². The van der Waals surface area contributed by atoms with Gasteiger partial charge in [-0.2, -0.15) is 5.26 Å². The van der Waals surface area contributed by atoms with E-state index in [0.717, 1.165) is 60.2 Å². The first-order chi connectivity index (χ1) is 18.4. The molecule has 0 bridgehead atoms. The third-order valence-corrected chi connectivity index (χ3v) is 7.15. The normalized spacial score (nSPS) is 17.7. The summed E-state index contributed by atoms with van der Waals surface area (Å²) in [5.41, 5.74) is 9.99. The number of amides is 1. The van der Waals surface area contributed by atoms with Crippen LogP contribution in [0, 0.1) is 18.3 Å². The number of piperidine rings is 1. The average molecular weight is 510 g/mol. The molecule has 1 fully saturated rings. The third-order valence-electron chi connectivity index (χ3n) is 7.15. The van der Waals surface area contributed by atoms with Crippen LogP contribution in [0.15, 0.2) is 71.3 Å². The van der Waals surface area contributed by atoms with Gasteiger partial charge in [0.15, 0.2) is 0 Å². The summed E-state index contributed by atoms with van der Waals surface area (Å²) < 4.78 is 11.2. The highest BCUT2D eigenvalue weighted by Crippen LogP contribution is 2.44. The first-order valence-corrected chi connectivity index (χ1v) is 12.8. The molecule has 2 aliphatic heterocycles. The molecule has 0 radical (unpaired) electrons. The van der Waals surface area contributed by atoms with Crippen LogP contribution in [0.25, 0.3) is 10.9 Å². The number of nitrogens with zero attached hydrogens (tertiary/aromatic N) is 3. The predicted octanol–water partition coefficient (Wildman–Crippen LogP) is 5.26. The van der Waals surface area contributed by atoms with Crippen LogP contribution >= 0.6 is 0 Å². The molecule has 0 saturated carbocycles. The van der Waals surface area contributed by atoms with Gasteiger partial charge in [0.05, 0.1) is 29.8 Å². The number of allylic oxidation sites excluding steroid dienone is 2. The number of ether oxygens (including phenoxy) is 2. The number of aryl methyl sites for hydroxylation is 1. The average Bonchev–Trinajstić information content (AvgIpc) is 2.92. The number of nitrogens with one attached hydrogen (secondary N) is 1. The zero-order chi connectivity index (χ0) is 26.8. The van der Waals surface area contributed by atoms with E-state index in [1.165, 1.54) is 0 Å². The number of rotatable bonds is 5. The Bertz CT molecular complexity index is 1510. The highest BCUT2D eigenvalue weighted by atomic mass is 16.5. The van der Waals surface area contributed by atoms with Gasteiger partial charge in [0.1, 0.15) is 29.0 Å². The summed E-state index contributed by atoms with van der Waals surface area (Å²) in [6, 6.07) is 17.6. The van der Waals surface area contributed by atoms with Crippen LogP contribution in [0.1, 0.15) is 43.2 Å². The maximum absolute atomic E-state index is 13.9. The molecule has 8 nitrogen and oxygen atoms in total. The number of hydrogen-bond acceptors (Lipinski definition) is 7. The molecule has 0 aliphatic carbocycles. The molecule has 1 amide bonds. The smallest absolute Gasteiger partial charge is 0.256 e. The fraction of sp³-hybridized carbons (Fsp3) is 0.300. The van der Waals surface area contributed by atoms with Crippen molar-refractivity contribution in [1.29, 1.82) is 5.26 Å². The molecule has 8 heteroatoms. The number of aromatic nitrogens is 1. The number of nitrogens with two attached hydrogens (primary N) is 1. The SMILES string of the molecule is COc1ccccc1NC(=O)C1=C(C)OC(N)=C(C#N)C1c1cc2cc(C)ccc2nc1N1CCCCC1. The molecule has 3 heterocycles. The third kappa shape index (κ3) is 4.63. The van der Waals surface area contributed by atoms with Crippen LogP contribution in [0.4, 0.5) is 11.5 Å². The van der Waals surface area contributed by atoms with E-state index in [1.54, 1.807) is 26.2 Å². The molecular formula is C30H31N5O3. The summed E-state index contributed by atoms with van der Waals surface area (Å²) in [6.45, 7) is 5.44. The second kappa shape index (κ2) is 10.5. The van der Waals surface area contributed by atoms with E-state index in [-0.39, 0.29) is 11.5 Å². The zero-order valence-electron chi connectivity index (χ0n) is 21.9. The molecule has 5 rings (SSSR count). The minimum Gasteiger partial charge on any atom is -0.495 e. The van der Waals surface area contributed by atoms with Gasteiger partial charge in [0, 0.05) is 24.0 Å². The lowest BCUT2D eigenvalue weighted by Gasteiger charge is -2.34. The van der Waals surface area contributed by atoms with Crippen molar-refractivity contribution in [3.63, 3.8) is 0 Å². The fourth-order valence-corrected chi connectivity index (χ4v) is 5.30. The van der Waals surface area contributed by atoms with E-state index in [9.17, 15) is 10.1 Å². The summed E-state index contributed by atoms with van der Waals surface area (Å²) in [6.07, 6.45) is 3.28. The molecule has 3 N–H and O–H groups in total. The number of para-hydroxylation sites is 2. The van der Waals surface area contributed by atoms with Gasteiger partial charge in [-0.1, -0.05) is 23.8 Å². The van der Waals surface area contributed by atoms with Crippen LogP contribution in [0.3, 0.4) is 0 Å². The molecule has 1 aromatic heterocycles. The standard InChI is InChI=1S/C30H31N5O3/c1-18-11-12-23-20(15-18)16-21(29(33-23)35-13-7-4-8-14-35)27-22(17-31)28(32)38-19(2)26(27)30(36)34-24-9-5-6-10-25(24)37-3/h5-6,9-12,15-16,27H,4,7-8,13-14,32H2,1-3H3,(H,34,36). The Morgan fingerprint density at radius 1 is 1.16 bits per heavy atom. The largest absolute Gasteiger partial charge is 0.495 e. The van der Waals surface area contributed by atoms with E-state index in [2.05, 4.69) is 22.4 Å². The highest BCUT2D eigenvalue weighted by Gasteiger charge is 2.38. The predicted molar refractivity (Wildman–Crippen MR) is 148 cm³/mol. The van der Waals surface area contributed by atoms with Gasteiger partial charge >= 0.3 is 0 Å². The molecule has 3 aromatic rings. The molecule has 2 aliphatic rings. The van der Waals surface area contributed by atoms with Gasteiger partial charge in [-0.25, -0.2) is 4.98 Å². The van der Waals surface area contributed by atoms with E-state index >= 15 is 0 Å². The maximum atomic E-state index is 13.9. The Kier molecular flexibility index (Phi) is 6.93. The number of fused-ring (bicyclic) bond motifs is 1. The van der Waals surface area contributed by atoms with Crippen LogP contribution in [0.2, 0.25) is 0 Å². The highest BCUT2D eigenvalue weighted by molar-refractivity contribution is 6.07. The second-order valence-corrected chi connectivity index (χ2v) is 9.69. The minimum atomic E-state index is -0.752. The Balaban J connectivity index is 1.70. The van der Waals surface area contributed by atoms with Crippen molar-refractivity contribution in [2.45, 2.75) is 39.0 Å². The molecule has 0 spiro atoms. The quantitative estimate of drug-likeness (QED) is 0.482. The van der Waals surface area contributed by atoms with Gasteiger partial charge in [-0.15, -0.1) is 0 Å². The Hall–Kier alpha value is -4.51. The lowest BCUT2D eigenvalue weighted by molar-refractivity contribution is -0.113. The van der Waals surface area contributed by atoms with Crippen LogP contribution < -0.4 is 20.7 Å². The Morgan fingerprint density at radius 3 is 2.66 bits per heavy atom. The molecular weight excluding hydrogens is 478 g/mol. The molecule has 38 heavy (non-hydrogen) atoms. The lowest BCUT2D eigenvalue weighted by Crippen LogP contribution is -2.33. The number of carbonyl (C=O) groups excluding carboxylic acids is 1. The van der Waals surface area contributed by atoms with Gasteiger partial charge in [-0.3, -0.25) is 4.79 Å². The Morgan fingerprint density at radius 2 is 1.92 bits per heavy atom. The van der Waals surface area contributed by atoms with Gasteiger partial charge in [-0.05, 0) is 63.4 Å². The monoisotopic (exact) mass is 509 g/mol. The van der Waals surface area contributed by atoms with E-state index in [4.69, 9.17) is 20.2 Å². The van der Waals surface area contributed by atoms with E-state index in [1.807, 2.05) is 37.3 Å². The maximum Gasteiger partial charge on any atom is 0.256 e. The summed E-state index contributed by atoms with van der Waals surface area (Å²) in [7, 11) is 1.55. The number of pyridine rings is 1. The molecule has 1 unspecified atom stereocenters. The molecule has 1 atom stereocenters. The summed E-state index contributed by atoms with van der Waals surface area (Å²) in [4.78, 5) is 21.2. The first kappa shape index (κ1) is 25.2. The number of anilines is 2. The lowest BCUT2D eigenvalue weighted by atomic mass is 9.82. The van der Waals surface area contributed by atoms with Crippen molar-refractivity contribution in [2.24, 2.45) is 5.73 Å². The van der Waals surface area contributed by atoms with Gasteiger partial charge in [0.2, 0.25) is 5.88 Å². The van der Waals surface area contributed by atoms with Crippen molar-refractivity contribution in [1.82, 2.24) is 4.98 Å². The summed E-state index contributed by atoms with van der Waals surface area (Å²) in [5.74, 6) is 0.485. The number of nitriles is 1. The molecule has 2 aromatic carbocycles. The number of benzene rings is 2. The topological polar surface area (TPSA) is 114 Å². The molecule has 1 saturated heterocycles. The van der Waals surface area contributed by atoms with Crippen molar-refractivity contribution in [3.8, 4) is 11.8 Å². The number of hydrogen-bond donors (Lipinski definition) is 2.